The van der Waals surface area contributed by atoms with E-state index in [1.54, 1.807) is 6.07 Å². The summed E-state index contributed by atoms with van der Waals surface area (Å²) >= 11 is 6.17. The van der Waals surface area contributed by atoms with Crippen LogP contribution in [-0.4, -0.2) is 66.7 Å². The number of ether oxygens (including phenoxy) is 1. The first-order valence-electron chi connectivity index (χ1n) is 10.5. The van der Waals surface area contributed by atoms with E-state index in [-0.39, 0.29) is 19.2 Å². The van der Waals surface area contributed by atoms with E-state index in [1.165, 1.54) is 5.56 Å². The Morgan fingerprint density at radius 2 is 1.56 bits per heavy atom. The van der Waals surface area contributed by atoms with Gasteiger partial charge in [-0.1, -0.05) is 30.5 Å². The Labute approximate surface area is 196 Å². The lowest BCUT2D eigenvalue weighted by molar-refractivity contribution is -0.308. The van der Waals surface area contributed by atoms with Crippen LogP contribution in [0, 0.1) is 0 Å². The lowest BCUT2D eigenvalue weighted by Gasteiger charge is -2.35. The highest BCUT2D eigenvalue weighted by molar-refractivity contribution is 6.30. The Morgan fingerprint density at radius 3 is 2.06 bits per heavy atom. The smallest absolute Gasteiger partial charge is 0.426 e. The third kappa shape index (κ3) is 7.89. The number of hydrogen-bond donors (Lipinski definition) is 0. The maximum Gasteiger partial charge on any atom is 0.434 e. The second-order valence-electron chi connectivity index (χ2n) is 8.02. The molecular formula is C21H23ClF6N2O4. The largest absolute Gasteiger partial charge is 0.434 e. The highest BCUT2D eigenvalue weighted by Gasteiger charge is 2.60. The molecule has 34 heavy (non-hydrogen) atoms. The van der Waals surface area contributed by atoms with Crippen molar-refractivity contribution >= 4 is 23.8 Å². The lowest BCUT2D eigenvalue weighted by Crippen LogP contribution is -2.52. The number of halogens is 7. The second kappa shape index (κ2) is 11.9. The summed E-state index contributed by atoms with van der Waals surface area (Å²) in [5.74, 6) is 0.437. The molecule has 2 aliphatic rings. The van der Waals surface area contributed by atoms with Crippen LogP contribution in [0.3, 0.4) is 0 Å². The van der Waals surface area contributed by atoms with Crippen LogP contribution in [0.25, 0.3) is 0 Å². The van der Waals surface area contributed by atoms with Crippen molar-refractivity contribution in [2.24, 2.45) is 0 Å². The van der Waals surface area contributed by atoms with Gasteiger partial charge in [0, 0.05) is 37.7 Å². The maximum atomic E-state index is 12.6. The van der Waals surface area contributed by atoms with Crippen LogP contribution >= 0.6 is 11.6 Å². The zero-order chi connectivity index (χ0) is 25.5. The van der Waals surface area contributed by atoms with E-state index in [0.717, 1.165) is 36.1 Å². The summed E-state index contributed by atoms with van der Waals surface area (Å²) in [6.07, 6.45) is -12.4. The number of hydrogen-bond acceptors (Lipinski definition) is 5. The van der Waals surface area contributed by atoms with Gasteiger partial charge in [0.05, 0.1) is 0 Å². The number of carbonyl (C=O) groups is 1. The van der Waals surface area contributed by atoms with Gasteiger partial charge in [0.2, 0.25) is 0 Å². The molecule has 190 valence electrons. The van der Waals surface area contributed by atoms with Crippen molar-refractivity contribution in [1.82, 2.24) is 9.80 Å². The molecule has 2 fully saturated rings. The zero-order valence-electron chi connectivity index (χ0n) is 17.9. The molecule has 1 heterocycles. The van der Waals surface area contributed by atoms with E-state index < -0.39 is 24.5 Å². The Hall–Kier alpha value is -2.30. The molecule has 1 saturated carbocycles. The highest BCUT2D eigenvalue weighted by Crippen LogP contribution is 2.38. The van der Waals surface area contributed by atoms with Gasteiger partial charge in [0.1, 0.15) is 0 Å². The van der Waals surface area contributed by atoms with Crippen molar-refractivity contribution in [3.8, 4) is 0 Å². The minimum atomic E-state index is -5.72. The maximum absolute atomic E-state index is 12.6. The number of nitrogens with zero attached hydrogens (tertiary/aromatic N) is 2. The third-order valence-corrected chi connectivity index (χ3v) is 5.98. The standard InChI is InChI=1S/C20H23ClF6N2O2.CO2/c21-15-6-5-14(16(11-15)13-3-1-2-4-13)12-28-7-9-29(10-8-28)18(30)31-17(19(22,23)24)20(25,26)27;2-1-3/h5-6,11,13,17H,1-4,7-10,12H2;. The molecule has 0 unspecified atom stereocenters. The number of rotatable bonds is 4. The molecule has 3 rings (SSSR count). The molecule has 0 N–H and O–H groups in total. The van der Waals surface area contributed by atoms with Crippen LogP contribution in [0.1, 0.15) is 42.7 Å². The highest BCUT2D eigenvalue weighted by atomic mass is 35.5. The summed E-state index contributed by atoms with van der Waals surface area (Å²) in [5, 5.41) is 0.655. The van der Waals surface area contributed by atoms with Crippen molar-refractivity contribution in [3.05, 3.63) is 34.3 Å². The van der Waals surface area contributed by atoms with Gasteiger partial charge in [-0.05, 0) is 42.0 Å². The van der Waals surface area contributed by atoms with Crippen LogP contribution in [0.15, 0.2) is 18.2 Å². The second-order valence-corrected chi connectivity index (χ2v) is 8.45. The molecular weight excluding hydrogens is 494 g/mol. The SMILES string of the molecule is O=C(OC(C(F)(F)F)C(F)(F)F)N1CCN(Cc2ccc(Cl)cc2C2CCCC2)CC1.O=C=O. The summed E-state index contributed by atoms with van der Waals surface area (Å²) in [6.45, 7) is 1.15. The summed E-state index contributed by atoms with van der Waals surface area (Å²) in [7, 11) is 0. The van der Waals surface area contributed by atoms with Crippen LogP contribution in [0.4, 0.5) is 31.1 Å². The van der Waals surface area contributed by atoms with Crippen molar-refractivity contribution in [1.29, 1.82) is 0 Å². The normalized spacial score (nSPS) is 17.8. The summed E-state index contributed by atoms with van der Waals surface area (Å²) in [6, 6.07) is 5.72. The Morgan fingerprint density at radius 1 is 1.03 bits per heavy atom. The summed E-state index contributed by atoms with van der Waals surface area (Å²) in [4.78, 5) is 31.0. The first kappa shape index (κ1) is 27.9. The fourth-order valence-electron chi connectivity index (χ4n) is 4.15. The third-order valence-electron chi connectivity index (χ3n) is 5.74. The minimum absolute atomic E-state index is 0.0202. The van der Waals surface area contributed by atoms with Crippen molar-refractivity contribution in [2.45, 2.75) is 56.6 Å². The van der Waals surface area contributed by atoms with Gasteiger partial charge in [-0.3, -0.25) is 4.90 Å². The van der Waals surface area contributed by atoms with Crippen LogP contribution in [0.2, 0.25) is 5.02 Å². The molecule has 1 aliphatic carbocycles. The molecule has 0 aromatic heterocycles. The molecule has 1 aromatic carbocycles. The van der Waals surface area contributed by atoms with Crippen LogP contribution in [-0.2, 0) is 20.9 Å². The topological polar surface area (TPSA) is 66.9 Å². The molecule has 1 aliphatic heterocycles. The Bertz CT molecular complexity index is 846. The molecule has 0 radical (unpaired) electrons. The van der Waals surface area contributed by atoms with Gasteiger partial charge in [0.15, 0.2) is 0 Å². The van der Waals surface area contributed by atoms with E-state index in [2.05, 4.69) is 4.74 Å². The van der Waals surface area contributed by atoms with Crippen molar-refractivity contribution in [2.75, 3.05) is 26.2 Å². The average Bonchev–Trinajstić information content (AvgIpc) is 3.27. The quantitative estimate of drug-likeness (QED) is 0.517. The molecule has 0 atom stereocenters. The number of piperazine rings is 1. The number of amides is 1. The van der Waals surface area contributed by atoms with Crippen LogP contribution in [0.5, 0.6) is 0 Å². The van der Waals surface area contributed by atoms with E-state index in [9.17, 15) is 31.1 Å². The van der Waals surface area contributed by atoms with Gasteiger partial charge >= 0.3 is 24.6 Å². The van der Waals surface area contributed by atoms with E-state index >= 15 is 0 Å². The summed E-state index contributed by atoms with van der Waals surface area (Å²) < 4.78 is 79.4. The fourth-order valence-corrected chi connectivity index (χ4v) is 4.33. The van der Waals surface area contributed by atoms with E-state index in [0.29, 0.717) is 30.6 Å². The first-order valence-corrected chi connectivity index (χ1v) is 10.8. The number of alkyl halides is 6. The van der Waals surface area contributed by atoms with Gasteiger partial charge < -0.3 is 9.64 Å². The number of carbonyl (C=O) groups excluding carboxylic acids is 3. The van der Waals surface area contributed by atoms with Gasteiger partial charge in [-0.15, -0.1) is 0 Å². The Balaban J connectivity index is 0.00000129. The molecule has 13 heteroatoms. The van der Waals surface area contributed by atoms with Crippen LogP contribution < -0.4 is 0 Å². The zero-order valence-corrected chi connectivity index (χ0v) is 18.7. The lowest BCUT2D eigenvalue weighted by atomic mass is 9.92. The van der Waals surface area contributed by atoms with E-state index in [4.69, 9.17) is 21.2 Å². The summed E-state index contributed by atoms with van der Waals surface area (Å²) in [5.41, 5.74) is 2.28. The van der Waals surface area contributed by atoms with Gasteiger partial charge in [-0.25, -0.2) is 4.79 Å². The molecule has 1 amide bonds. The molecule has 0 bridgehead atoms. The molecule has 0 spiro atoms. The molecule has 1 aromatic rings. The first-order chi connectivity index (χ1) is 15.9. The molecule has 6 nitrogen and oxygen atoms in total. The average molecular weight is 517 g/mol. The van der Waals surface area contributed by atoms with E-state index in [1.807, 2.05) is 17.0 Å². The monoisotopic (exact) mass is 516 g/mol. The Kier molecular flexibility index (Phi) is 9.78. The fraction of sp³-hybridized carbons (Fsp3) is 0.619. The minimum Gasteiger partial charge on any atom is -0.426 e. The predicted octanol–water partition coefficient (Wildman–Crippen LogP) is 5.16. The molecule has 1 saturated heterocycles. The van der Waals surface area contributed by atoms with Crippen molar-refractivity contribution in [3.63, 3.8) is 0 Å². The van der Waals surface area contributed by atoms with Gasteiger partial charge in [-0.2, -0.15) is 35.9 Å². The van der Waals surface area contributed by atoms with Gasteiger partial charge in [0.25, 0.3) is 6.10 Å². The number of benzene rings is 1. The predicted molar refractivity (Wildman–Crippen MR) is 107 cm³/mol. The van der Waals surface area contributed by atoms with Crippen molar-refractivity contribution < 1.29 is 45.5 Å².